The molecule has 0 bridgehead atoms. The van der Waals surface area contributed by atoms with Crippen molar-refractivity contribution in [2.75, 3.05) is 5.32 Å². The molecule has 0 aliphatic rings. The molecule has 1 aromatic carbocycles. The summed E-state index contributed by atoms with van der Waals surface area (Å²) in [5.41, 5.74) is -0.422. The van der Waals surface area contributed by atoms with Crippen molar-refractivity contribution in [3.05, 3.63) is 29.8 Å². The molecule has 1 rings (SSSR count). The molecule has 6 nitrogen and oxygen atoms in total. The van der Waals surface area contributed by atoms with Gasteiger partial charge in [0.15, 0.2) is 5.11 Å². The minimum absolute atomic E-state index is 0.0146. The molecular weight excluding hydrogens is 409 g/mol. The molecule has 4 N–H and O–H groups in total. The van der Waals surface area contributed by atoms with Crippen LogP contribution in [0.2, 0.25) is 0 Å². The second-order valence-corrected chi connectivity index (χ2v) is 8.92. The molecule has 10 heteroatoms. The van der Waals surface area contributed by atoms with Crippen LogP contribution in [0.15, 0.2) is 24.3 Å². The van der Waals surface area contributed by atoms with Crippen LogP contribution in [0.5, 0.6) is 0 Å². The quantitative estimate of drug-likeness (QED) is 0.334. The lowest BCUT2D eigenvalue weighted by Crippen LogP contribution is -2.58. The molecule has 0 aliphatic heterocycles. The molecule has 0 radical (unpaired) electrons. The summed E-state index contributed by atoms with van der Waals surface area (Å²) < 4.78 is -1.89. The van der Waals surface area contributed by atoms with Gasteiger partial charge in [-0.05, 0) is 24.4 Å². The molecule has 0 saturated heterocycles. The van der Waals surface area contributed by atoms with Crippen molar-refractivity contribution in [2.45, 2.75) is 30.7 Å². The van der Waals surface area contributed by atoms with Crippen molar-refractivity contribution in [3.8, 4) is 0 Å². The van der Waals surface area contributed by atoms with Crippen LogP contribution in [0.4, 0.5) is 5.69 Å². The van der Waals surface area contributed by atoms with Gasteiger partial charge in [0.1, 0.15) is 6.17 Å². The zero-order valence-electron chi connectivity index (χ0n) is 13.7. The van der Waals surface area contributed by atoms with Gasteiger partial charge < -0.3 is 21.1 Å². The number of anilines is 1. The molecule has 138 valence electrons. The lowest BCUT2D eigenvalue weighted by molar-refractivity contribution is -0.129. The molecule has 0 heterocycles. The first-order valence-corrected chi connectivity index (χ1v) is 8.64. The highest BCUT2D eigenvalue weighted by Crippen LogP contribution is 2.30. The number of rotatable bonds is 4. The molecule has 0 saturated carbocycles. The summed E-state index contributed by atoms with van der Waals surface area (Å²) in [7, 11) is 0. The maximum Gasteiger partial charge on any atom is 0.337 e. The Labute approximate surface area is 166 Å². The first-order valence-electron chi connectivity index (χ1n) is 7.10. The summed E-state index contributed by atoms with van der Waals surface area (Å²) in [4.78, 5) is 23.4. The molecule has 0 unspecified atom stereocenters. The van der Waals surface area contributed by atoms with E-state index >= 15 is 0 Å². The normalized spacial score (nSPS) is 12.9. The van der Waals surface area contributed by atoms with Gasteiger partial charge in [-0.1, -0.05) is 67.7 Å². The van der Waals surface area contributed by atoms with Gasteiger partial charge in [-0.15, -0.1) is 0 Å². The highest BCUT2D eigenvalue weighted by Gasteiger charge is 2.36. The average molecular weight is 427 g/mol. The zero-order valence-corrected chi connectivity index (χ0v) is 16.8. The molecule has 0 fully saturated rings. The number of hydrogen-bond acceptors (Lipinski definition) is 3. The number of amides is 1. The van der Waals surface area contributed by atoms with E-state index in [2.05, 4.69) is 16.0 Å². The minimum atomic E-state index is -1.89. The van der Waals surface area contributed by atoms with E-state index in [0.29, 0.717) is 0 Å². The number of benzene rings is 1. The maximum atomic E-state index is 12.1. The third-order valence-corrected chi connectivity index (χ3v) is 3.84. The highest BCUT2D eigenvalue weighted by molar-refractivity contribution is 7.80. The lowest BCUT2D eigenvalue weighted by Gasteiger charge is -2.30. The van der Waals surface area contributed by atoms with Gasteiger partial charge in [-0.25, -0.2) is 4.79 Å². The predicted molar refractivity (Wildman–Crippen MR) is 104 cm³/mol. The number of carboxylic acids is 1. The van der Waals surface area contributed by atoms with Gasteiger partial charge in [-0.3, -0.25) is 4.79 Å². The number of carbonyl (C=O) groups is 2. The fourth-order valence-corrected chi connectivity index (χ4v) is 2.17. The Bertz CT molecular complexity index is 672. The molecular formula is C15H18Cl3N3O3S. The topological polar surface area (TPSA) is 90.5 Å². The largest absolute Gasteiger partial charge is 0.478 e. The number of hydrogen-bond donors (Lipinski definition) is 4. The smallest absolute Gasteiger partial charge is 0.337 e. The Morgan fingerprint density at radius 1 is 1.12 bits per heavy atom. The number of alkyl halides is 3. The predicted octanol–water partition coefficient (Wildman–Crippen LogP) is 3.53. The van der Waals surface area contributed by atoms with Crippen molar-refractivity contribution >= 4 is 69.7 Å². The standard InChI is InChI=1S/C15H18Cl3N3O3S/c1-14(2,3)12(24)20-11(15(16,17)18)21-13(25)19-9-7-5-4-6-8(9)10(22)23/h4-7,11H,1-3H3,(H,20,24)(H,22,23)(H2,19,21,25)/t11-/m0/s1. The average Bonchev–Trinajstić information content (AvgIpc) is 2.44. The molecule has 1 atom stereocenters. The number of thiocarbonyl (C=S) groups is 1. The Morgan fingerprint density at radius 2 is 1.68 bits per heavy atom. The Morgan fingerprint density at radius 3 is 2.16 bits per heavy atom. The summed E-state index contributed by atoms with van der Waals surface area (Å²) in [6, 6.07) is 6.18. The van der Waals surface area contributed by atoms with E-state index in [1.807, 2.05) is 0 Å². The fourth-order valence-electron chi connectivity index (χ4n) is 1.62. The van der Waals surface area contributed by atoms with E-state index in [1.54, 1.807) is 32.9 Å². The van der Waals surface area contributed by atoms with Gasteiger partial charge in [0.25, 0.3) is 0 Å². The van der Waals surface area contributed by atoms with Crippen LogP contribution in [-0.2, 0) is 4.79 Å². The van der Waals surface area contributed by atoms with E-state index in [1.165, 1.54) is 12.1 Å². The van der Waals surface area contributed by atoms with Crippen molar-refractivity contribution in [1.82, 2.24) is 10.6 Å². The number of carbonyl (C=O) groups excluding carboxylic acids is 1. The third-order valence-electron chi connectivity index (χ3n) is 2.97. The first-order chi connectivity index (χ1) is 11.3. The van der Waals surface area contributed by atoms with Gasteiger partial charge in [0, 0.05) is 5.41 Å². The maximum absolute atomic E-state index is 12.1. The van der Waals surface area contributed by atoms with Crippen LogP contribution in [0, 0.1) is 5.41 Å². The van der Waals surface area contributed by atoms with Crippen LogP contribution in [0.25, 0.3) is 0 Å². The summed E-state index contributed by atoms with van der Waals surface area (Å²) in [6.07, 6.45) is -1.12. The number of nitrogens with one attached hydrogen (secondary N) is 3. The number of halogens is 3. The summed E-state index contributed by atoms with van der Waals surface area (Å²) >= 11 is 22.8. The van der Waals surface area contributed by atoms with E-state index in [9.17, 15) is 14.7 Å². The third kappa shape index (κ3) is 6.86. The van der Waals surface area contributed by atoms with Crippen molar-refractivity contribution in [1.29, 1.82) is 0 Å². The van der Waals surface area contributed by atoms with E-state index in [0.717, 1.165) is 0 Å². The SMILES string of the molecule is CC(C)(C)C(=O)N[C@@H](NC(=S)Nc1ccccc1C(=O)O)C(Cl)(Cl)Cl. The van der Waals surface area contributed by atoms with Crippen molar-refractivity contribution < 1.29 is 14.7 Å². The highest BCUT2D eigenvalue weighted by atomic mass is 35.6. The molecule has 25 heavy (non-hydrogen) atoms. The lowest BCUT2D eigenvalue weighted by atomic mass is 9.95. The minimum Gasteiger partial charge on any atom is -0.478 e. The van der Waals surface area contributed by atoms with Crippen LogP contribution in [0.3, 0.4) is 0 Å². The fraction of sp³-hybridized carbons (Fsp3) is 0.400. The second-order valence-electron chi connectivity index (χ2n) is 6.15. The van der Waals surface area contributed by atoms with E-state index in [4.69, 9.17) is 47.0 Å². The van der Waals surface area contributed by atoms with E-state index < -0.39 is 21.3 Å². The van der Waals surface area contributed by atoms with Gasteiger partial charge in [0.05, 0.1) is 11.3 Å². The molecule has 0 aromatic heterocycles. The van der Waals surface area contributed by atoms with E-state index in [-0.39, 0.29) is 22.3 Å². The van der Waals surface area contributed by atoms with Crippen LogP contribution in [-0.4, -0.2) is 32.1 Å². The van der Waals surface area contributed by atoms with Gasteiger partial charge in [0.2, 0.25) is 9.70 Å². The van der Waals surface area contributed by atoms with Crippen LogP contribution < -0.4 is 16.0 Å². The number of aromatic carboxylic acids is 1. The number of carboxylic acid groups (broad SMARTS) is 1. The molecule has 1 amide bonds. The van der Waals surface area contributed by atoms with Crippen molar-refractivity contribution in [2.24, 2.45) is 5.41 Å². The monoisotopic (exact) mass is 425 g/mol. The summed E-state index contributed by atoms with van der Waals surface area (Å²) in [5, 5.41) is 17.1. The first kappa shape index (κ1) is 21.8. The second kappa shape index (κ2) is 8.40. The Balaban J connectivity index is 2.90. The molecule has 0 spiro atoms. The Hall–Kier alpha value is -1.28. The van der Waals surface area contributed by atoms with Gasteiger partial charge in [-0.2, -0.15) is 0 Å². The van der Waals surface area contributed by atoms with Crippen molar-refractivity contribution in [3.63, 3.8) is 0 Å². The molecule has 1 aromatic rings. The molecule has 0 aliphatic carbocycles. The summed E-state index contributed by atoms with van der Waals surface area (Å²) in [5.74, 6) is -1.48. The number of para-hydroxylation sites is 1. The van der Waals surface area contributed by atoms with Gasteiger partial charge >= 0.3 is 5.97 Å². The zero-order chi connectivity index (χ0) is 19.4. The summed E-state index contributed by atoms with van der Waals surface area (Å²) in [6.45, 7) is 5.12. The Kier molecular flexibility index (Phi) is 7.31. The van der Waals surface area contributed by atoms with Crippen LogP contribution >= 0.6 is 47.0 Å². The van der Waals surface area contributed by atoms with Crippen LogP contribution in [0.1, 0.15) is 31.1 Å².